The first-order valence-electron chi connectivity index (χ1n) is 8.01. The van der Waals surface area contributed by atoms with Crippen molar-refractivity contribution in [3.63, 3.8) is 0 Å². The molecule has 1 aromatic carbocycles. The number of carbonyl (C=O) groups is 1. The molecule has 1 aromatic rings. The van der Waals surface area contributed by atoms with Crippen LogP contribution >= 0.6 is 0 Å². The highest BCUT2D eigenvalue weighted by Crippen LogP contribution is 2.30. The number of halogens is 3. The van der Waals surface area contributed by atoms with Crippen molar-refractivity contribution in [2.75, 3.05) is 32.8 Å². The van der Waals surface area contributed by atoms with E-state index in [-0.39, 0.29) is 17.9 Å². The van der Waals surface area contributed by atoms with Crippen LogP contribution in [0.1, 0.15) is 30.9 Å². The molecule has 1 amide bonds. The summed E-state index contributed by atoms with van der Waals surface area (Å²) in [5.41, 5.74) is 0.257. The van der Waals surface area contributed by atoms with Gasteiger partial charge in [0.2, 0.25) is 5.91 Å². The Morgan fingerprint density at radius 1 is 1.38 bits per heavy atom. The monoisotopic (exact) mass is 344 g/mol. The zero-order chi connectivity index (χ0) is 17.7. The Morgan fingerprint density at radius 3 is 2.62 bits per heavy atom. The number of morpholine rings is 1. The molecule has 0 saturated carbocycles. The van der Waals surface area contributed by atoms with Crippen molar-refractivity contribution in [3.8, 4) is 0 Å². The van der Waals surface area contributed by atoms with Gasteiger partial charge in [0.05, 0.1) is 18.3 Å². The van der Waals surface area contributed by atoms with Gasteiger partial charge in [-0.2, -0.15) is 13.2 Å². The molecule has 2 atom stereocenters. The first kappa shape index (κ1) is 18.7. The third kappa shape index (κ3) is 5.49. The number of alkyl halides is 3. The molecule has 0 radical (unpaired) electrons. The van der Waals surface area contributed by atoms with E-state index in [1.807, 2.05) is 6.92 Å². The number of ether oxygens (including phenoxy) is 1. The van der Waals surface area contributed by atoms with Crippen LogP contribution in [0.2, 0.25) is 0 Å². The highest BCUT2D eigenvalue weighted by molar-refractivity contribution is 5.72. The molecule has 0 aliphatic carbocycles. The molecule has 134 valence electrons. The second kappa shape index (κ2) is 7.98. The summed E-state index contributed by atoms with van der Waals surface area (Å²) in [5.74, 6) is 0.0284. The predicted octanol–water partition coefficient (Wildman–Crippen LogP) is 2.65. The van der Waals surface area contributed by atoms with E-state index in [0.717, 1.165) is 30.8 Å². The number of nitrogens with zero attached hydrogens (tertiary/aromatic N) is 1. The van der Waals surface area contributed by atoms with Crippen LogP contribution in [-0.2, 0) is 15.7 Å². The fourth-order valence-electron chi connectivity index (χ4n) is 2.82. The van der Waals surface area contributed by atoms with Gasteiger partial charge in [-0.3, -0.25) is 9.69 Å². The van der Waals surface area contributed by atoms with Gasteiger partial charge in [0.15, 0.2) is 0 Å². The lowest BCUT2D eigenvalue weighted by molar-refractivity contribution is -0.137. The Labute approximate surface area is 140 Å². The Morgan fingerprint density at radius 2 is 2.04 bits per heavy atom. The van der Waals surface area contributed by atoms with E-state index in [9.17, 15) is 18.0 Å². The van der Waals surface area contributed by atoms with Crippen LogP contribution in [0.25, 0.3) is 0 Å². The van der Waals surface area contributed by atoms with Crippen LogP contribution in [0.4, 0.5) is 13.2 Å². The highest BCUT2D eigenvalue weighted by Gasteiger charge is 2.30. The quantitative estimate of drug-likeness (QED) is 0.893. The van der Waals surface area contributed by atoms with E-state index in [1.54, 1.807) is 12.1 Å². The molecule has 2 rings (SSSR count). The first-order valence-corrected chi connectivity index (χ1v) is 8.01. The molecular weight excluding hydrogens is 321 g/mol. The molecule has 1 fully saturated rings. The lowest BCUT2D eigenvalue weighted by Crippen LogP contribution is -2.48. The summed E-state index contributed by atoms with van der Waals surface area (Å²) in [5, 5.41) is 2.74. The van der Waals surface area contributed by atoms with Crippen LogP contribution in [0.3, 0.4) is 0 Å². The molecule has 1 saturated heterocycles. The zero-order valence-electron chi connectivity index (χ0n) is 13.9. The maximum atomic E-state index is 12.6. The molecule has 1 aliphatic heterocycles. The lowest BCUT2D eigenvalue weighted by atomic mass is 9.98. The van der Waals surface area contributed by atoms with Gasteiger partial charge in [0, 0.05) is 33.1 Å². The third-order valence-corrected chi connectivity index (χ3v) is 4.14. The van der Waals surface area contributed by atoms with E-state index in [1.165, 1.54) is 6.92 Å². The molecule has 0 spiro atoms. The van der Waals surface area contributed by atoms with Crippen molar-refractivity contribution in [1.29, 1.82) is 0 Å². The van der Waals surface area contributed by atoms with Gasteiger partial charge in [-0.25, -0.2) is 0 Å². The second-order valence-electron chi connectivity index (χ2n) is 6.21. The molecule has 0 unspecified atom stereocenters. The van der Waals surface area contributed by atoms with E-state index >= 15 is 0 Å². The van der Waals surface area contributed by atoms with E-state index < -0.39 is 11.7 Å². The van der Waals surface area contributed by atoms with Crippen molar-refractivity contribution in [2.24, 2.45) is 0 Å². The largest absolute Gasteiger partial charge is 0.416 e. The summed E-state index contributed by atoms with van der Waals surface area (Å²) in [6.07, 6.45) is -4.36. The van der Waals surface area contributed by atoms with Gasteiger partial charge in [-0.15, -0.1) is 0 Å². The maximum absolute atomic E-state index is 12.6. The Balaban J connectivity index is 1.89. The third-order valence-electron chi connectivity index (χ3n) is 4.14. The Kier molecular flexibility index (Phi) is 6.23. The Hall–Kier alpha value is -1.60. The van der Waals surface area contributed by atoms with Crippen LogP contribution in [0.5, 0.6) is 0 Å². The van der Waals surface area contributed by atoms with E-state index in [0.29, 0.717) is 19.7 Å². The summed E-state index contributed by atoms with van der Waals surface area (Å²) in [7, 11) is 0. The molecule has 7 heteroatoms. The molecule has 24 heavy (non-hydrogen) atoms. The van der Waals surface area contributed by atoms with Crippen molar-refractivity contribution in [3.05, 3.63) is 35.4 Å². The number of hydrogen-bond acceptors (Lipinski definition) is 3. The molecule has 4 nitrogen and oxygen atoms in total. The van der Waals surface area contributed by atoms with Crippen molar-refractivity contribution >= 4 is 5.91 Å². The highest BCUT2D eigenvalue weighted by atomic mass is 19.4. The predicted molar refractivity (Wildman–Crippen MR) is 84.7 cm³/mol. The SMILES string of the molecule is CC(=O)NC[C@@H]1CN(C[C@@H](C)c2ccc(C(F)(F)F)cc2)CCO1. The lowest BCUT2D eigenvalue weighted by Gasteiger charge is -2.34. The number of amides is 1. The van der Waals surface area contributed by atoms with Crippen molar-refractivity contribution in [2.45, 2.75) is 32.0 Å². The summed E-state index contributed by atoms with van der Waals surface area (Å²) in [4.78, 5) is 13.2. The van der Waals surface area contributed by atoms with Gasteiger partial charge in [-0.05, 0) is 23.6 Å². The fraction of sp³-hybridized carbons (Fsp3) is 0.588. The minimum atomic E-state index is -4.30. The first-order chi connectivity index (χ1) is 11.3. The smallest absolute Gasteiger partial charge is 0.374 e. The minimum absolute atomic E-state index is 0.0533. The number of benzene rings is 1. The molecule has 1 N–H and O–H groups in total. The fourth-order valence-corrected chi connectivity index (χ4v) is 2.82. The number of carbonyl (C=O) groups excluding carboxylic acids is 1. The molecule has 0 bridgehead atoms. The van der Waals surface area contributed by atoms with E-state index in [4.69, 9.17) is 4.74 Å². The maximum Gasteiger partial charge on any atom is 0.416 e. The number of rotatable bonds is 5. The van der Waals surface area contributed by atoms with Crippen LogP contribution in [-0.4, -0.2) is 49.7 Å². The van der Waals surface area contributed by atoms with Gasteiger partial charge < -0.3 is 10.1 Å². The normalized spacial score (nSPS) is 20.6. The molecule has 0 aromatic heterocycles. The average Bonchev–Trinajstić information content (AvgIpc) is 2.52. The summed E-state index contributed by atoms with van der Waals surface area (Å²) >= 11 is 0. The van der Waals surface area contributed by atoms with Crippen molar-refractivity contribution in [1.82, 2.24) is 10.2 Å². The van der Waals surface area contributed by atoms with Crippen molar-refractivity contribution < 1.29 is 22.7 Å². The van der Waals surface area contributed by atoms with Gasteiger partial charge in [0.25, 0.3) is 0 Å². The van der Waals surface area contributed by atoms with Gasteiger partial charge >= 0.3 is 6.18 Å². The summed E-state index contributed by atoms with van der Waals surface area (Å²) in [6.45, 7) is 6.75. The number of hydrogen-bond donors (Lipinski definition) is 1. The average molecular weight is 344 g/mol. The van der Waals surface area contributed by atoms with Crippen LogP contribution in [0, 0.1) is 0 Å². The molecular formula is C17H23F3N2O2. The van der Waals surface area contributed by atoms with Gasteiger partial charge in [0.1, 0.15) is 0 Å². The Bertz CT molecular complexity index is 546. The summed E-state index contributed by atoms with van der Waals surface area (Å²) < 4.78 is 43.5. The standard InChI is InChI=1S/C17H23F3N2O2/c1-12(14-3-5-15(6-4-14)17(18,19)20)10-22-7-8-24-16(11-22)9-21-13(2)23/h3-6,12,16H,7-11H2,1-2H3,(H,21,23)/t12-,16-/m1/s1. The topological polar surface area (TPSA) is 41.6 Å². The zero-order valence-corrected chi connectivity index (χ0v) is 13.9. The van der Waals surface area contributed by atoms with Crippen LogP contribution < -0.4 is 5.32 Å². The number of nitrogens with one attached hydrogen (secondary N) is 1. The summed E-state index contributed by atoms with van der Waals surface area (Å²) in [6, 6.07) is 5.35. The van der Waals surface area contributed by atoms with Gasteiger partial charge in [-0.1, -0.05) is 19.1 Å². The van der Waals surface area contributed by atoms with E-state index in [2.05, 4.69) is 10.2 Å². The van der Waals surface area contributed by atoms with Crippen LogP contribution in [0.15, 0.2) is 24.3 Å². The minimum Gasteiger partial charge on any atom is -0.374 e. The molecule has 1 heterocycles. The molecule has 1 aliphatic rings. The second-order valence-corrected chi connectivity index (χ2v) is 6.21.